The molecule has 1 saturated heterocycles. The Kier molecular flexibility index (Phi) is 5.22. The third-order valence-electron chi connectivity index (χ3n) is 7.39. The van der Waals surface area contributed by atoms with Gasteiger partial charge in [-0.2, -0.15) is 0 Å². The molecule has 1 aliphatic carbocycles. The fourth-order valence-electron chi connectivity index (χ4n) is 5.48. The van der Waals surface area contributed by atoms with Crippen LogP contribution in [0.5, 0.6) is 0 Å². The lowest BCUT2D eigenvalue weighted by Crippen LogP contribution is -2.30. The Morgan fingerprint density at radius 2 is 1.24 bits per heavy atom. The third kappa shape index (κ3) is 3.71. The molecule has 38 heavy (non-hydrogen) atoms. The van der Waals surface area contributed by atoms with Crippen molar-refractivity contribution >= 4 is 46.4 Å². The number of rotatable bonds is 3. The van der Waals surface area contributed by atoms with Gasteiger partial charge in [0.1, 0.15) is 0 Å². The lowest BCUT2D eigenvalue weighted by molar-refractivity contribution is -0.122. The van der Waals surface area contributed by atoms with Crippen molar-refractivity contribution in [1.82, 2.24) is 0 Å². The first-order valence-corrected chi connectivity index (χ1v) is 12.7. The van der Waals surface area contributed by atoms with Crippen molar-refractivity contribution in [2.45, 2.75) is 12.8 Å². The zero-order chi connectivity index (χ0) is 25.6. The Labute approximate surface area is 220 Å². The van der Waals surface area contributed by atoms with Gasteiger partial charge in [0.2, 0.25) is 5.91 Å². The second kappa shape index (κ2) is 8.89. The van der Waals surface area contributed by atoms with Crippen LogP contribution in [0.3, 0.4) is 0 Å². The van der Waals surface area contributed by atoms with Crippen LogP contribution in [0, 0.1) is 5.92 Å². The molecule has 5 heteroatoms. The van der Waals surface area contributed by atoms with E-state index in [0.717, 1.165) is 45.1 Å². The molecule has 2 heterocycles. The number of imide groups is 1. The first kappa shape index (κ1) is 22.3. The van der Waals surface area contributed by atoms with Crippen LogP contribution in [0.4, 0.5) is 17.1 Å². The number of carbonyl (C=O) groups is 2. The highest BCUT2D eigenvalue weighted by atomic mass is 16.2. The predicted molar refractivity (Wildman–Crippen MR) is 150 cm³/mol. The van der Waals surface area contributed by atoms with E-state index in [4.69, 9.17) is 9.98 Å². The van der Waals surface area contributed by atoms with Gasteiger partial charge in [0.25, 0.3) is 5.91 Å². The summed E-state index contributed by atoms with van der Waals surface area (Å²) < 4.78 is 0. The van der Waals surface area contributed by atoms with Crippen LogP contribution < -0.4 is 4.90 Å². The highest BCUT2D eigenvalue weighted by Crippen LogP contribution is 2.43. The van der Waals surface area contributed by atoms with Crippen molar-refractivity contribution < 1.29 is 9.59 Å². The summed E-state index contributed by atoms with van der Waals surface area (Å²) in [6, 6.07) is 33.5. The molecule has 0 spiro atoms. The Morgan fingerprint density at radius 3 is 1.84 bits per heavy atom. The minimum absolute atomic E-state index is 0.175. The average Bonchev–Trinajstić information content (AvgIpc) is 3.09. The van der Waals surface area contributed by atoms with Crippen LogP contribution in [-0.2, 0) is 16.0 Å². The maximum Gasteiger partial charge on any atom is 0.261 e. The van der Waals surface area contributed by atoms with E-state index in [0.29, 0.717) is 24.1 Å². The largest absolute Gasteiger partial charge is 0.273 e. The van der Waals surface area contributed by atoms with Gasteiger partial charge in [0, 0.05) is 12.0 Å². The van der Waals surface area contributed by atoms with Gasteiger partial charge in [-0.05, 0) is 59.0 Å². The number of nitrogens with zero attached hydrogens (tertiary/aromatic N) is 3. The number of carbonyl (C=O) groups excluding carboxylic acids is 2. The number of para-hydroxylation sites is 1. The van der Waals surface area contributed by atoms with Crippen LogP contribution in [0.1, 0.15) is 28.7 Å². The quantitative estimate of drug-likeness (QED) is 0.308. The highest BCUT2D eigenvalue weighted by molar-refractivity contribution is 6.31. The fourth-order valence-corrected chi connectivity index (χ4v) is 5.48. The molecular formula is C33H23N3O2. The molecule has 0 N–H and O–H groups in total. The Morgan fingerprint density at radius 1 is 0.684 bits per heavy atom. The lowest BCUT2D eigenvalue weighted by Gasteiger charge is -2.19. The summed E-state index contributed by atoms with van der Waals surface area (Å²) in [5.41, 5.74) is 8.60. The van der Waals surface area contributed by atoms with E-state index in [9.17, 15) is 9.59 Å². The predicted octanol–water partition coefficient (Wildman–Crippen LogP) is 6.46. The molecule has 4 aromatic rings. The summed E-state index contributed by atoms with van der Waals surface area (Å²) in [4.78, 5) is 38.2. The van der Waals surface area contributed by atoms with E-state index < -0.39 is 5.92 Å². The van der Waals surface area contributed by atoms with Crippen LogP contribution in [0.25, 0.3) is 6.08 Å². The molecule has 2 amide bonds. The van der Waals surface area contributed by atoms with E-state index in [2.05, 4.69) is 24.3 Å². The van der Waals surface area contributed by atoms with Crippen molar-refractivity contribution in [3.63, 3.8) is 0 Å². The number of amides is 2. The average molecular weight is 494 g/mol. The number of hydrogen-bond acceptors (Lipinski definition) is 4. The molecule has 0 saturated carbocycles. The summed E-state index contributed by atoms with van der Waals surface area (Å²) in [5.74, 6) is -0.907. The van der Waals surface area contributed by atoms with Gasteiger partial charge < -0.3 is 0 Å². The summed E-state index contributed by atoms with van der Waals surface area (Å²) in [6.45, 7) is 0. The summed E-state index contributed by atoms with van der Waals surface area (Å²) in [5, 5.41) is 0. The molecular weight excluding hydrogens is 470 g/mol. The van der Waals surface area contributed by atoms with E-state index in [1.807, 2.05) is 72.8 Å². The van der Waals surface area contributed by atoms with Gasteiger partial charge in [0.15, 0.2) is 0 Å². The molecule has 7 rings (SSSR count). The number of hydrogen-bond donors (Lipinski definition) is 0. The number of benzene rings is 4. The monoisotopic (exact) mass is 493 g/mol. The van der Waals surface area contributed by atoms with Crippen LogP contribution in [-0.4, -0.2) is 23.2 Å². The molecule has 4 aromatic carbocycles. The number of fused-ring (bicyclic) bond motifs is 3. The van der Waals surface area contributed by atoms with Crippen LogP contribution >= 0.6 is 0 Å². The first-order chi connectivity index (χ1) is 18.7. The van der Waals surface area contributed by atoms with Crippen molar-refractivity contribution in [3.05, 3.63) is 131 Å². The topological polar surface area (TPSA) is 62.1 Å². The zero-order valence-electron chi connectivity index (χ0n) is 20.5. The van der Waals surface area contributed by atoms with Gasteiger partial charge >= 0.3 is 0 Å². The summed E-state index contributed by atoms with van der Waals surface area (Å²) in [7, 11) is 0. The minimum Gasteiger partial charge on any atom is -0.273 e. The van der Waals surface area contributed by atoms with Gasteiger partial charge in [0.05, 0.1) is 34.4 Å². The molecule has 0 radical (unpaired) electrons. The normalized spacial score (nSPS) is 18.1. The molecule has 182 valence electrons. The summed E-state index contributed by atoms with van der Waals surface area (Å²) in [6.07, 6.45) is 2.94. The second-order valence-electron chi connectivity index (χ2n) is 9.74. The Balaban J connectivity index is 1.35. The third-order valence-corrected chi connectivity index (χ3v) is 7.39. The van der Waals surface area contributed by atoms with E-state index >= 15 is 0 Å². The Bertz CT molecular complexity index is 1690. The molecule has 3 aliphatic rings. The minimum atomic E-state index is -0.486. The maximum absolute atomic E-state index is 13.4. The van der Waals surface area contributed by atoms with E-state index in [1.54, 1.807) is 12.1 Å². The number of anilines is 1. The highest BCUT2D eigenvalue weighted by Gasteiger charge is 2.45. The van der Waals surface area contributed by atoms with Crippen LogP contribution in [0.15, 0.2) is 119 Å². The van der Waals surface area contributed by atoms with Gasteiger partial charge in [-0.15, -0.1) is 0 Å². The molecule has 1 unspecified atom stereocenters. The van der Waals surface area contributed by atoms with Crippen molar-refractivity contribution in [2.24, 2.45) is 15.9 Å². The molecule has 1 atom stereocenters. The molecule has 0 bridgehead atoms. The first-order valence-electron chi connectivity index (χ1n) is 12.7. The molecule has 5 nitrogen and oxygen atoms in total. The SMILES string of the molecule is O=C1C2=Cc3cc4c(cc3CC2C(=O)N1c1ccccc1)N=C(c1ccccc1)CC(c1ccccc1)=N4. The van der Waals surface area contributed by atoms with Crippen LogP contribution in [0.2, 0.25) is 0 Å². The summed E-state index contributed by atoms with van der Waals surface area (Å²) >= 11 is 0. The van der Waals surface area contributed by atoms with Crippen molar-refractivity contribution in [2.75, 3.05) is 4.90 Å². The lowest BCUT2D eigenvalue weighted by atomic mass is 9.84. The van der Waals surface area contributed by atoms with Crippen molar-refractivity contribution in [1.29, 1.82) is 0 Å². The van der Waals surface area contributed by atoms with Gasteiger partial charge in [-0.1, -0.05) is 78.9 Å². The smallest absolute Gasteiger partial charge is 0.261 e. The fraction of sp³-hybridized carbons (Fsp3) is 0.0909. The van der Waals surface area contributed by atoms with Gasteiger partial charge in [-0.25, -0.2) is 4.90 Å². The Hall–Kier alpha value is -4.90. The zero-order valence-corrected chi connectivity index (χ0v) is 20.5. The van der Waals surface area contributed by atoms with Crippen molar-refractivity contribution in [3.8, 4) is 0 Å². The van der Waals surface area contributed by atoms with E-state index in [1.165, 1.54) is 4.90 Å². The molecule has 2 aliphatic heterocycles. The number of aliphatic imine (C=N–C) groups is 2. The van der Waals surface area contributed by atoms with Gasteiger partial charge in [-0.3, -0.25) is 19.6 Å². The molecule has 0 aromatic heterocycles. The maximum atomic E-state index is 13.4. The van der Waals surface area contributed by atoms with E-state index in [-0.39, 0.29) is 11.8 Å². The second-order valence-corrected chi connectivity index (χ2v) is 9.74. The standard InChI is InChI=1S/C33H23N3O2/c37-32-26-16-23-18-30-31(19-24(23)17-27(26)33(38)36(32)25-14-8-3-9-15-25)35-29(22-12-6-2-7-13-22)20-28(34-30)21-10-4-1-5-11-21/h1-16,18-19,27H,17,20H2. The molecule has 1 fully saturated rings.